The normalized spacial score (nSPS) is 25.8. The summed E-state index contributed by atoms with van der Waals surface area (Å²) < 4.78 is 32.1. The highest BCUT2D eigenvalue weighted by Crippen LogP contribution is 2.47. The molecule has 0 radical (unpaired) electrons. The maximum atomic E-state index is 12.4. The minimum absolute atomic E-state index is 0.0646. The van der Waals surface area contributed by atoms with Crippen LogP contribution in [-0.4, -0.2) is 54.0 Å². The van der Waals surface area contributed by atoms with Crippen molar-refractivity contribution in [3.8, 4) is 0 Å². The van der Waals surface area contributed by atoms with E-state index in [1.807, 2.05) is 18.7 Å². The van der Waals surface area contributed by atoms with Gasteiger partial charge >= 0.3 is 0 Å². The van der Waals surface area contributed by atoms with Gasteiger partial charge in [-0.3, -0.25) is 4.98 Å². The van der Waals surface area contributed by atoms with E-state index >= 15 is 0 Å². The van der Waals surface area contributed by atoms with E-state index in [-0.39, 0.29) is 15.7 Å². The van der Waals surface area contributed by atoms with E-state index in [4.69, 9.17) is 4.74 Å². The number of pyridine rings is 1. The lowest BCUT2D eigenvalue weighted by Gasteiger charge is -2.46. The Balaban J connectivity index is 1.66. The molecule has 2 fully saturated rings. The smallest absolute Gasteiger partial charge is 0.244 e. The van der Waals surface area contributed by atoms with E-state index in [0.29, 0.717) is 13.1 Å². The summed E-state index contributed by atoms with van der Waals surface area (Å²) in [5.74, 6) is 0.967. The number of aromatic nitrogens is 1. The molecule has 3 rings (SSSR count). The molecule has 0 unspecified atom stereocenters. The lowest BCUT2D eigenvalue weighted by Crippen LogP contribution is -2.60. The summed E-state index contributed by atoms with van der Waals surface area (Å²) in [5.41, 5.74) is 0. The fraction of sp³-hybridized carbons (Fsp3) is 0.615. The number of sulfonamides is 1. The van der Waals surface area contributed by atoms with Crippen LogP contribution >= 0.6 is 11.8 Å². The Morgan fingerprint density at radius 2 is 2.35 bits per heavy atom. The van der Waals surface area contributed by atoms with Crippen molar-refractivity contribution in [3.63, 3.8) is 0 Å². The number of hydrogen-bond acceptors (Lipinski definition) is 5. The number of hydrogen-bond donors (Lipinski definition) is 0. The Morgan fingerprint density at radius 3 is 3.00 bits per heavy atom. The average molecular weight is 314 g/mol. The minimum Gasteiger partial charge on any atom is -0.378 e. The van der Waals surface area contributed by atoms with Crippen LogP contribution in [0, 0.1) is 0 Å². The summed E-state index contributed by atoms with van der Waals surface area (Å²) in [6.07, 6.45) is 4.21. The molecule has 0 bridgehead atoms. The largest absolute Gasteiger partial charge is 0.378 e. The van der Waals surface area contributed by atoms with Crippen LogP contribution in [0.5, 0.6) is 0 Å². The van der Waals surface area contributed by atoms with Crippen LogP contribution in [0.1, 0.15) is 13.3 Å². The Kier molecular flexibility index (Phi) is 3.79. The van der Waals surface area contributed by atoms with Gasteiger partial charge in [0.25, 0.3) is 0 Å². The standard InChI is InChI=1S/C13H18N2O3S2/c1-2-18-11-6-13(19-8-11)9-15(10-13)20(16,17)12-4-3-5-14-7-12/h3-5,7,11H,2,6,8-10H2,1H3/t11-/m1/s1. The van der Waals surface area contributed by atoms with Gasteiger partial charge in [-0.2, -0.15) is 4.31 Å². The molecule has 20 heavy (non-hydrogen) atoms. The quantitative estimate of drug-likeness (QED) is 0.840. The van der Waals surface area contributed by atoms with Crippen molar-refractivity contribution in [3.05, 3.63) is 24.5 Å². The van der Waals surface area contributed by atoms with E-state index in [1.165, 1.54) is 6.20 Å². The van der Waals surface area contributed by atoms with Crippen molar-refractivity contribution in [1.82, 2.24) is 9.29 Å². The predicted octanol–water partition coefficient (Wildman–Crippen LogP) is 1.37. The molecule has 3 heterocycles. The zero-order valence-electron chi connectivity index (χ0n) is 11.4. The molecular formula is C13H18N2O3S2. The minimum atomic E-state index is -3.38. The van der Waals surface area contributed by atoms with Crippen LogP contribution in [0.25, 0.3) is 0 Å². The summed E-state index contributed by atoms with van der Waals surface area (Å²) in [6, 6.07) is 3.25. The fourth-order valence-electron chi connectivity index (χ4n) is 2.78. The second-order valence-electron chi connectivity index (χ2n) is 5.24. The molecule has 1 aromatic heterocycles. The maximum Gasteiger partial charge on any atom is 0.244 e. The molecule has 0 N–H and O–H groups in total. The predicted molar refractivity (Wildman–Crippen MR) is 78.2 cm³/mol. The van der Waals surface area contributed by atoms with Crippen molar-refractivity contribution in [2.45, 2.75) is 29.1 Å². The first-order valence-corrected chi connectivity index (χ1v) is 9.14. The number of rotatable bonds is 4. The van der Waals surface area contributed by atoms with Crippen LogP contribution < -0.4 is 0 Å². The highest BCUT2D eigenvalue weighted by molar-refractivity contribution is 8.01. The van der Waals surface area contributed by atoms with Crippen LogP contribution in [0.15, 0.2) is 29.4 Å². The monoisotopic (exact) mass is 314 g/mol. The zero-order chi connectivity index (χ0) is 14.2. The Morgan fingerprint density at radius 1 is 1.55 bits per heavy atom. The molecule has 0 aromatic carbocycles. The second kappa shape index (κ2) is 5.29. The third-order valence-electron chi connectivity index (χ3n) is 3.78. The number of ether oxygens (including phenoxy) is 1. The lowest BCUT2D eigenvalue weighted by molar-refractivity contribution is 0.0598. The molecular weight excluding hydrogens is 296 g/mol. The molecule has 1 aromatic rings. The molecule has 2 aliphatic heterocycles. The topological polar surface area (TPSA) is 59.5 Å². The Labute approximate surface area is 123 Å². The van der Waals surface area contributed by atoms with E-state index in [2.05, 4.69) is 4.98 Å². The molecule has 0 saturated carbocycles. The lowest BCUT2D eigenvalue weighted by atomic mass is 9.95. The van der Waals surface area contributed by atoms with Gasteiger partial charge in [0.2, 0.25) is 10.0 Å². The Bertz CT molecular complexity index is 571. The second-order valence-corrected chi connectivity index (χ2v) is 8.66. The molecule has 2 saturated heterocycles. The van der Waals surface area contributed by atoms with Gasteiger partial charge in [0.05, 0.1) is 6.10 Å². The summed E-state index contributed by atoms with van der Waals surface area (Å²) in [4.78, 5) is 4.16. The van der Waals surface area contributed by atoms with Gasteiger partial charge in [0, 0.05) is 42.6 Å². The van der Waals surface area contributed by atoms with Crippen molar-refractivity contribution in [1.29, 1.82) is 0 Å². The van der Waals surface area contributed by atoms with Gasteiger partial charge in [-0.05, 0) is 25.5 Å². The van der Waals surface area contributed by atoms with Gasteiger partial charge in [0.15, 0.2) is 0 Å². The molecule has 1 atom stereocenters. The summed E-state index contributed by atoms with van der Waals surface area (Å²) in [6.45, 7) is 3.88. The van der Waals surface area contributed by atoms with Crippen molar-refractivity contribution >= 4 is 21.8 Å². The zero-order valence-corrected chi connectivity index (χ0v) is 13.0. The van der Waals surface area contributed by atoms with Gasteiger partial charge in [-0.1, -0.05) is 0 Å². The highest BCUT2D eigenvalue weighted by atomic mass is 32.2. The van der Waals surface area contributed by atoms with Gasteiger partial charge in [0.1, 0.15) is 4.90 Å². The third kappa shape index (κ3) is 2.47. The van der Waals surface area contributed by atoms with Gasteiger partial charge in [-0.25, -0.2) is 8.42 Å². The highest BCUT2D eigenvalue weighted by Gasteiger charge is 2.53. The van der Waals surface area contributed by atoms with Crippen LogP contribution in [0.3, 0.4) is 0 Å². The van der Waals surface area contributed by atoms with Gasteiger partial charge < -0.3 is 4.74 Å². The first-order valence-electron chi connectivity index (χ1n) is 6.71. The third-order valence-corrected chi connectivity index (χ3v) is 7.13. The first-order chi connectivity index (χ1) is 9.56. The number of nitrogens with zero attached hydrogens (tertiary/aromatic N) is 2. The summed E-state index contributed by atoms with van der Waals surface area (Å²) >= 11 is 1.85. The summed E-state index contributed by atoms with van der Waals surface area (Å²) in [7, 11) is -3.38. The van der Waals surface area contributed by atoms with Crippen molar-refractivity contribution in [2.24, 2.45) is 0 Å². The van der Waals surface area contributed by atoms with Crippen molar-refractivity contribution in [2.75, 3.05) is 25.4 Å². The molecule has 0 aliphatic carbocycles. The van der Waals surface area contributed by atoms with Crippen LogP contribution in [0.4, 0.5) is 0 Å². The molecule has 0 amide bonds. The molecule has 110 valence electrons. The molecule has 7 heteroatoms. The van der Waals surface area contributed by atoms with Crippen molar-refractivity contribution < 1.29 is 13.2 Å². The van der Waals surface area contributed by atoms with E-state index < -0.39 is 10.0 Å². The van der Waals surface area contributed by atoms with Crippen LogP contribution in [-0.2, 0) is 14.8 Å². The molecule has 1 spiro atoms. The fourth-order valence-corrected chi connectivity index (χ4v) is 6.07. The molecule has 2 aliphatic rings. The van der Waals surface area contributed by atoms with Crippen LogP contribution in [0.2, 0.25) is 0 Å². The summed E-state index contributed by atoms with van der Waals surface area (Å²) in [5, 5.41) is 0. The first kappa shape index (κ1) is 14.3. The van der Waals surface area contributed by atoms with E-state index in [0.717, 1.165) is 18.8 Å². The number of thioether (sulfide) groups is 1. The maximum absolute atomic E-state index is 12.4. The van der Waals surface area contributed by atoms with Gasteiger partial charge in [-0.15, -0.1) is 11.8 Å². The average Bonchev–Trinajstić information content (AvgIpc) is 2.83. The molecule has 5 nitrogen and oxygen atoms in total. The van der Waals surface area contributed by atoms with E-state index in [1.54, 1.807) is 22.6 Å². The van der Waals surface area contributed by atoms with E-state index in [9.17, 15) is 8.42 Å². The Hall–Kier alpha value is -0.630. The SMILES string of the molecule is CCO[C@H]1CSC2(C1)CN(S(=O)(=O)c1cccnc1)C2.